The Bertz CT molecular complexity index is 642. The number of halogens is 1. The molecule has 1 amide bonds. The molecule has 3 nitrogen and oxygen atoms in total. The fraction of sp³-hybridized carbons (Fsp3) is 0.350. The monoisotopic (exact) mass is 344 g/mol. The van der Waals surface area contributed by atoms with Crippen molar-refractivity contribution in [2.75, 3.05) is 13.1 Å². The smallest absolute Gasteiger partial charge is 0.227 e. The number of nitrogens with two attached hydrogens (primary N) is 1. The third kappa shape index (κ3) is 4.37. The predicted molar refractivity (Wildman–Crippen MR) is 101 cm³/mol. The highest BCUT2D eigenvalue weighted by molar-refractivity contribution is 5.85. The summed E-state index contributed by atoms with van der Waals surface area (Å²) < 4.78 is 0. The molecule has 2 aromatic rings. The van der Waals surface area contributed by atoms with Gasteiger partial charge in [0.1, 0.15) is 0 Å². The Balaban J connectivity index is 0.00000208. The average Bonchev–Trinajstić information content (AvgIpc) is 2.63. The Morgan fingerprint density at radius 2 is 1.67 bits per heavy atom. The first-order chi connectivity index (χ1) is 11.3. The van der Waals surface area contributed by atoms with E-state index < -0.39 is 0 Å². The van der Waals surface area contributed by atoms with Crippen molar-refractivity contribution < 1.29 is 4.79 Å². The third-order valence-electron chi connectivity index (χ3n) is 4.64. The first-order valence-electron chi connectivity index (χ1n) is 8.42. The lowest BCUT2D eigenvalue weighted by atomic mass is 9.99. The summed E-state index contributed by atoms with van der Waals surface area (Å²) in [6.07, 6.45) is 3.77. The lowest BCUT2D eigenvalue weighted by molar-refractivity contribution is -0.133. The number of benzene rings is 2. The summed E-state index contributed by atoms with van der Waals surface area (Å²) in [5, 5.41) is 0. The zero-order valence-electron chi connectivity index (χ0n) is 13.9. The van der Waals surface area contributed by atoms with Gasteiger partial charge in [-0.1, -0.05) is 54.6 Å². The van der Waals surface area contributed by atoms with Gasteiger partial charge in [-0.05, 0) is 36.0 Å². The highest BCUT2D eigenvalue weighted by Gasteiger charge is 2.25. The average molecular weight is 345 g/mol. The van der Waals surface area contributed by atoms with Crippen LogP contribution < -0.4 is 5.73 Å². The van der Waals surface area contributed by atoms with Gasteiger partial charge in [0.15, 0.2) is 0 Å². The molecule has 1 aliphatic heterocycles. The summed E-state index contributed by atoms with van der Waals surface area (Å²) in [4.78, 5) is 14.5. The molecule has 3 rings (SSSR count). The predicted octanol–water partition coefficient (Wildman–Crippen LogP) is 3.66. The highest BCUT2D eigenvalue weighted by Crippen LogP contribution is 2.21. The molecule has 0 bridgehead atoms. The quantitative estimate of drug-likeness (QED) is 0.920. The van der Waals surface area contributed by atoms with Gasteiger partial charge in [0.05, 0.1) is 6.42 Å². The van der Waals surface area contributed by atoms with Gasteiger partial charge >= 0.3 is 0 Å². The number of carbonyl (C=O) groups is 1. The Labute approximate surface area is 150 Å². The van der Waals surface area contributed by atoms with Gasteiger partial charge in [-0.3, -0.25) is 4.79 Å². The number of rotatable bonds is 4. The van der Waals surface area contributed by atoms with E-state index in [1.165, 1.54) is 17.5 Å². The molecule has 0 radical (unpaired) electrons. The first-order valence-corrected chi connectivity index (χ1v) is 8.42. The Morgan fingerprint density at radius 3 is 2.33 bits per heavy atom. The fourth-order valence-electron chi connectivity index (χ4n) is 3.30. The third-order valence-corrected chi connectivity index (χ3v) is 4.64. The van der Waals surface area contributed by atoms with Crippen molar-refractivity contribution in [2.45, 2.75) is 31.7 Å². The van der Waals surface area contributed by atoms with Crippen LogP contribution in [0.5, 0.6) is 0 Å². The van der Waals surface area contributed by atoms with Gasteiger partial charge in [-0.15, -0.1) is 12.4 Å². The van der Waals surface area contributed by atoms with Crippen LogP contribution in [0.15, 0.2) is 54.6 Å². The van der Waals surface area contributed by atoms with Crippen molar-refractivity contribution in [1.82, 2.24) is 4.90 Å². The van der Waals surface area contributed by atoms with Crippen molar-refractivity contribution in [3.63, 3.8) is 0 Å². The molecule has 1 fully saturated rings. The summed E-state index contributed by atoms with van der Waals surface area (Å²) >= 11 is 0. The second kappa shape index (κ2) is 8.86. The van der Waals surface area contributed by atoms with Crippen LogP contribution in [0.3, 0.4) is 0 Å². The van der Waals surface area contributed by atoms with E-state index in [1.807, 2.05) is 23.1 Å². The minimum absolute atomic E-state index is 0. The molecule has 2 aromatic carbocycles. The van der Waals surface area contributed by atoms with Crippen LogP contribution in [0.25, 0.3) is 11.1 Å². The maximum atomic E-state index is 12.6. The summed E-state index contributed by atoms with van der Waals surface area (Å²) in [5.41, 5.74) is 9.26. The molecule has 1 aliphatic rings. The molecule has 4 heteroatoms. The fourth-order valence-corrected chi connectivity index (χ4v) is 3.30. The Morgan fingerprint density at radius 1 is 1.00 bits per heavy atom. The van der Waals surface area contributed by atoms with E-state index in [0.29, 0.717) is 13.0 Å². The van der Waals surface area contributed by atoms with Crippen molar-refractivity contribution in [3.8, 4) is 11.1 Å². The zero-order valence-corrected chi connectivity index (χ0v) is 14.7. The minimum Gasteiger partial charge on any atom is -0.338 e. The summed E-state index contributed by atoms with van der Waals surface area (Å²) in [7, 11) is 0. The van der Waals surface area contributed by atoms with Crippen molar-refractivity contribution in [2.24, 2.45) is 5.73 Å². The van der Waals surface area contributed by atoms with Crippen molar-refractivity contribution >= 4 is 18.3 Å². The van der Waals surface area contributed by atoms with E-state index in [1.54, 1.807) is 0 Å². The summed E-state index contributed by atoms with van der Waals surface area (Å²) in [6, 6.07) is 18.8. The van der Waals surface area contributed by atoms with Crippen LogP contribution in [-0.2, 0) is 11.2 Å². The number of carbonyl (C=O) groups excluding carboxylic acids is 1. The van der Waals surface area contributed by atoms with Crippen LogP contribution in [0.1, 0.15) is 24.8 Å². The molecule has 0 aliphatic carbocycles. The van der Waals surface area contributed by atoms with E-state index in [4.69, 9.17) is 5.73 Å². The van der Waals surface area contributed by atoms with Crippen LogP contribution in [0.2, 0.25) is 0 Å². The van der Waals surface area contributed by atoms with Crippen LogP contribution in [0.4, 0.5) is 0 Å². The molecule has 24 heavy (non-hydrogen) atoms. The minimum atomic E-state index is 0. The number of piperidine rings is 1. The lowest BCUT2D eigenvalue weighted by Crippen LogP contribution is -2.48. The molecule has 1 saturated heterocycles. The standard InChI is InChI=1S/C20H24N2O.ClH/c21-15-19-8-4-5-13-22(19)20(23)14-16-9-11-18(12-10-16)17-6-2-1-3-7-17;/h1-3,6-7,9-12,19H,4-5,8,13-15,21H2;1H. The molecule has 1 unspecified atom stereocenters. The molecule has 0 saturated carbocycles. The molecule has 0 spiro atoms. The van der Waals surface area contributed by atoms with Gasteiger partial charge in [0.25, 0.3) is 0 Å². The largest absolute Gasteiger partial charge is 0.338 e. The van der Waals surface area contributed by atoms with Gasteiger partial charge < -0.3 is 10.6 Å². The molecular weight excluding hydrogens is 320 g/mol. The van der Waals surface area contributed by atoms with Crippen LogP contribution in [-0.4, -0.2) is 29.9 Å². The second-order valence-corrected chi connectivity index (χ2v) is 6.21. The Kier molecular flexibility index (Phi) is 6.83. The van der Waals surface area contributed by atoms with Crippen molar-refractivity contribution in [3.05, 3.63) is 60.2 Å². The molecule has 128 valence electrons. The van der Waals surface area contributed by atoms with Crippen LogP contribution in [0, 0.1) is 0 Å². The number of hydrogen-bond donors (Lipinski definition) is 1. The topological polar surface area (TPSA) is 46.3 Å². The van der Waals surface area contributed by atoms with Crippen LogP contribution >= 0.6 is 12.4 Å². The van der Waals surface area contributed by atoms with E-state index in [2.05, 4.69) is 36.4 Å². The van der Waals surface area contributed by atoms with Gasteiger partial charge in [0, 0.05) is 19.1 Å². The van der Waals surface area contributed by atoms with E-state index in [9.17, 15) is 4.79 Å². The molecule has 0 aromatic heterocycles. The molecule has 2 N–H and O–H groups in total. The molecule has 1 atom stereocenters. The highest BCUT2D eigenvalue weighted by atomic mass is 35.5. The lowest BCUT2D eigenvalue weighted by Gasteiger charge is -2.35. The number of nitrogens with zero attached hydrogens (tertiary/aromatic N) is 1. The van der Waals surface area contributed by atoms with E-state index in [-0.39, 0.29) is 24.4 Å². The Hall–Kier alpha value is -1.84. The summed E-state index contributed by atoms with van der Waals surface area (Å²) in [6.45, 7) is 1.42. The molecular formula is C20H25ClN2O. The van der Waals surface area contributed by atoms with E-state index in [0.717, 1.165) is 24.9 Å². The summed E-state index contributed by atoms with van der Waals surface area (Å²) in [5.74, 6) is 0.201. The normalized spacial score (nSPS) is 17.2. The number of amides is 1. The SMILES string of the molecule is Cl.NCC1CCCCN1C(=O)Cc1ccc(-c2ccccc2)cc1. The van der Waals surface area contributed by atoms with Gasteiger partial charge in [-0.2, -0.15) is 0 Å². The maximum Gasteiger partial charge on any atom is 0.227 e. The maximum absolute atomic E-state index is 12.6. The number of hydrogen-bond acceptors (Lipinski definition) is 2. The van der Waals surface area contributed by atoms with Crippen molar-refractivity contribution in [1.29, 1.82) is 0 Å². The first kappa shape index (κ1) is 18.5. The molecule has 1 heterocycles. The zero-order chi connectivity index (χ0) is 16.1. The van der Waals surface area contributed by atoms with Gasteiger partial charge in [-0.25, -0.2) is 0 Å². The second-order valence-electron chi connectivity index (χ2n) is 6.21. The number of likely N-dealkylation sites (tertiary alicyclic amines) is 1. The van der Waals surface area contributed by atoms with E-state index >= 15 is 0 Å². The van der Waals surface area contributed by atoms with Gasteiger partial charge in [0.2, 0.25) is 5.91 Å².